The van der Waals surface area contributed by atoms with Gasteiger partial charge < -0.3 is 14.9 Å². The molecular weight excluding hydrogens is 236 g/mol. The Morgan fingerprint density at radius 3 is 2.94 bits per heavy atom. The number of hydrogen-bond acceptors (Lipinski definition) is 4. The molecule has 2 rings (SSSR count). The summed E-state index contributed by atoms with van der Waals surface area (Å²) in [7, 11) is 1.61. The lowest BCUT2D eigenvalue weighted by molar-refractivity contribution is 0.0897. The van der Waals surface area contributed by atoms with Gasteiger partial charge in [-0.1, -0.05) is 12.1 Å². The van der Waals surface area contributed by atoms with Gasteiger partial charge in [0.25, 0.3) is 0 Å². The zero-order valence-electron chi connectivity index (χ0n) is 9.87. The second-order valence-corrected chi connectivity index (χ2v) is 5.47. The van der Waals surface area contributed by atoms with E-state index in [2.05, 4.69) is 0 Å². The van der Waals surface area contributed by atoms with Gasteiger partial charge in [-0.05, 0) is 35.8 Å². The molecule has 94 valence electrons. The van der Waals surface area contributed by atoms with E-state index >= 15 is 0 Å². The Bertz CT molecular complexity index is 369. The number of aliphatic hydroxyl groups is 2. The van der Waals surface area contributed by atoms with Crippen LogP contribution in [0.1, 0.15) is 18.1 Å². The van der Waals surface area contributed by atoms with Crippen LogP contribution < -0.4 is 4.74 Å². The highest BCUT2D eigenvalue weighted by Crippen LogP contribution is 2.32. The fourth-order valence-electron chi connectivity index (χ4n) is 2.08. The third kappa shape index (κ3) is 3.15. The molecule has 0 amide bonds. The second kappa shape index (κ2) is 5.76. The van der Waals surface area contributed by atoms with Crippen LogP contribution in [0.4, 0.5) is 0 Å². The molecule has 0 radical (unpaired) electrons. The predicted molar refractivity (Wildman–Crippen MR) is 69.4 cm³/mol. The van der Waals surface area contributed by atoms with E-state index in [-0.39, 0.29) is 12.0 Å². The van der Waals surface area contributed by atoms with Crippen LogP contribution in [0.3, 0.4) is 0 Å². The average Bonchev–Trinajstić information content (AvgIpc) is 2.75. The summed E-state index contributed by atoms with van der Waals surface area (Å²) in [5, 5.41) is 19.9. The minimum absolute atomic E-state index is 0.196. The zero-order valence-corrected chi connectivity index (χ0v) is 10.7. The van der Waals surface area contributed by atoms with Gasteiger partial charge >= 0.3 is 0 Å². The van der Waals surface area contributed by atoms with Crippen LogP contribution in [0, 0.1) is 5.92 Å². The highest BCUT2D eigenvalue weighted by atomic mass is 32.2. The average molecular weight is 254 g/mol. The van der Waals surface area contributed by atoms with Crippen LogP contribution in [-0.4, -0.2) is 34.9 Å². The van der Waals surface area contributed by atoms with Crippen LogP contribution in [0.15, 0.2) is 24.3 Å². The quantitative estimate of drug-likeness (QED) is 0.861. The summed E-state index contributed by atoms with van der Waals surface area (Å²) in [6.45, 7) is 0. The molecule has 0 saturated carbocycles. The van der Waals surface area contributed by atoms with E-state index in [9.17, 15) is 10.2 Å². The summed E-state index contributed by atoms with van der Waals surface area (Å²) in [6.07, 6.45) is -0.190. The topological polar surface area (TPSA) is 49.7 Å². The number of hydrogen-bond donors (Lipinski definition) is 2. The third-order valence-electron chi connectivity index (χ3n) is 3.17. The van der Waals surface area contributed by atoms with Gasteiger partial charge in [-0.15, -0.1) is 0 Å². The monoisotopic (exact) mass is 254 g/mol. The molecule has 1 fully saturated rings. The van der Waals surface area contributed by atoms with Crippen molar-refractivity contribution >= 4 is 11.8 Å². The van der Waals surface area contributed by atoms with Gasteiger partial charge in [0.15, 0.2) is 0 Å². The first kappa shape index (κ1) is 12.7. The van der Waals surface area contributed by atoms with Crippen LogP contribution in [0.25, 0.3) is 0 Å². The normalized spacial score (nSPS) is 25.8. The number of ether oxygens (including phenoxy) is 1. The Morgan fingerprint density at radius 2 is 2.29 bits per heavy atom. The Balaban J connectivity index is 2.00. The number of methoxy groups -OCH3 is 1. The van der Waals surface area contributed by atoms with Crippen molar-refractivity contribution in [2.24, 2.45) is 5.92 Å². The molecule has 3 nitrogen and oxygen atoms in total. The van der Waals surface area contributed by atoms with E-state index in [1.165, 1.54) is 0 Å². The van der Waals surface area contributed by atoms with Gasteiger partial charge in [0.05, 0.1) is 19.3 Å². The zero-order chi connectivity index (χ0) is 12.3. The second-order valence-electron chi connectivity index (χ2n) is 4.39. The van der Waals surface area contributed by atoms with Crippen molar-refractivity contribution in [2.45, 2.75) is 18.6 Å². The Labute approximate surface area is 106 Å². The van der Waals surface area contributed by atoms with Crippen molar-refractivity contribution in [2.75, 3.05) is 18.6 Å². The van der Waals surface area contributed by atoms with Crippen LogP contribution in [-0.2, 0) is 0 Å². The van der Waals surface area contributed by atoms with Crippen molar-refractivity contribution < 1.29 is 14.9 Å². The Kier molecular flexibility index (Phi) is 4.31. The molecule has 3 unspecified atom stereocenters. The first-order valence-corrected chi connectivity index (χ1v) is 6.94. The molecule has 0 spiro atoms. The molecule has 1 aliphatic rings. The molecule has 1 aliphatic heterocycles. The van der Waals surface area contributed by atoms with Gasteiger partial charge in [-0.2, -0.15) is 11.8 Å². The van der Waals surface area contributed by atoms with Gasteiger partial charge in [0.1, 0.15) is 5.75 Å². The first-order valence-electron chi connectivity index (χ1n) is 5.78. The lowest BCUT2D eigenvalue weighted by Crippen LogP contribution is -2.20. The summed E-state index contributed by atoms with van der Waals surface area (Å²) in [5.74, 6) is 2.67. The summed E-state index contributed by atoms with van der Waals surface area (Å²) < 4.78 is 5.13. The first-order chi connectivity index (χ1) is 8.20. The fraction of sp³-hybridized carbons (Fsp3) is 0.538. The number of benzene rings is 1. The molecule has 2 N–H and O–H groups in total. The van der Waals surface area contributed by atoms with Gasteiger partial charge in [-0.3, -0.25) is 0 Å². The number of rotatable bonds is 4. The Morgan fingerprint density at radius 1 is 1.47 bits per heavy atom. The summed E-state index contributed by atoms with van der Waals surface area (Å²) in [6, 6.07) is 7.47. The minimum atomic E-state index is -0.525. The van der Waals surface area contributed by atoms with E-state index in [1.54, 1.807) is 18.9 Å². The maximum Gasteiger partial charge on any atom is 0.119 e. The molecular formula is C13H18O3S. The predicted octanol–water partition coefficient (Wildman–Crippen LogP) is 1.84. The number of thioether (sulfide) groups is 1. The van der Waals surface area contributed by atoms with Crippen molar-refractivity contribution in [3.63, 3.8) is 0 Å². The summed E-state index contributed by atoms with van der Waals surface area (Å²) >= 11 is 1.75. The van der Waals surface area contributed by atoms with E-state index in [0.29, 0.717) is 6.42 Å². The van der Waals surface area contributed by atoms with E-state index in [1.807, 2.05) is 24.3 Å². The van der Waals surface area contributed by atoms with Crippen LogP contribution in [0.2, 0.25) is 0 Å². The van der Waals surface area contributed by atoms with E-state index in [0.717, 1.165) is 22.8 Å². The molecule has 0 aromatic heterocycles. The molecule has 0 bridgehead atoms. The van der Waals surface area contributed by atoms with Gasteiger partial charge in [0.2, 0.25) is 0 Å². The maximum atomic E-state index is 10.1. The fourth-order valence-corrected chi connectivity index (χ4v) is 3.39. The van der Waals surface area contributed by atoms with E-state index < -0.39 is 6.10 Å². The molecule has 1 aromatic rings. The molecule has 0 aliphatic carbocycles. The SMILES string of the molecule is COc1cccc(C(O)CC2CSCC2O)c1. The van der Waals surface area contributed by atoms with Gasteiger partial charge in [0, 0.05) is 5.75 Å². The molecule has 3 atom stereocenters. The summed E-state index contributed by atoms with van der Waals surface area (Å²) in [4.78, 5) is 0. The number of aliphatic hydroxyl groups excluding tert-OH is 2. The van der Waals surface area contributed by atoms with E-state index in [4.69, 9.17) is 4.74 Å². The largest absolute Gasteiger partial charge is 0.497 e. The van der Waals surface area contributed by atoms with Crippen LogP contribution in [0.5, 0.6) is 5.75 Å². The molecule has 4 heteroatoms. The lowest BCUT2D eigenvalue weighted by atomic mass is 9.95. The van der Waals surface area contributed by atoms with Crippen molar-refractivity contribution in [3.8, 4) is 5.75 Å². The van der Waals surface area contributed by atoms with Crippen molar-refractivity contribution in [3.05, 3.63) is 29.8 Å². The van der Waals surface area contributed by atoms with Crippen molar-refractivity contribution in [1.29, 1.82) is 0 Å². The van der Waals surface area contributed by atoms with Crippen LogP contribution >= 0.6 is 11.8 Å². The highest BCUT2D eigenvalue weighted by molar-refractivity contribution is 7.99. The van der Waals surface area contributed by atoms with Gasteiger partial charge in [-0.25, -0.2) is 0 Å². The van der Waals surface area contributed by atoms with Crippen molar-refractivity contribution in [1.82, 2.24) is 0 Å². The lowest BCUT2D eigenvalue weighted by Gasteiger charge is -2.18. The molecule has 1 aromatic carbocycles. The standard InChI is InChI=1S/C13H18O3S/c1-16-11-4-2-3-9(5-11)12(14)6-10-7-17-8-13(10)15/h2-5,10,12-15H,6-8H2,1H3. The third-order valence-corrected chi connectivity index (χ3v) is 4.41. The maximum absolute atomic E-state index is 10.1. The molecule has 1 saturated heterocycles. The summed E-state index contributed by atoms with van der Waals surface area (Å²) in [5.41, 5.74) is 0.855. The highest BCUT2D eigenvalue weighted by Gasteiger charge is 2.28. The minimum Gasteiger partial charge on any atom is -0.497 e. The molecule has 17 heavy (non-hydrogen) atoms. The smallest absolute Gasteiger partial charge is 0.119 e. The Hall–Kier alpha value is -0.710. The molecule has 1 heterocycles.